The fourth-order valence-corrected chi connectivity index (χ4v) is 1.66. The predicted octanol–water partition coefficient (Wildman–Crippen LogP) is 1.84. The van der Waals surface area contributed by atoms with E-state index in [2.05, 4.69) is 15.9 Å². The highest BCUT2D eigenvalue weighted by atomic mass is 79.9. The Morgan fingerprint density at radius 1 is 1.67 bits per heavy atom. The Bertz CT molecular complexity index is 442. The van der Waals surface area contributed by atoms with Crippen LogP contribution >= 0.6 is 28.1 Å². The van der Waals surface area contributed by atoms with Crippen molar-refractivity contribution in [2.24, 2.45) is 11.7 Å². The molecular formula is C10H13BrN2OS. The van der Waals surface area contributed by atoms with Gasteiger partial charge in [-0.2, -0.15) is 0 Å². The van der Waals surface area contributed by atoms with Gasteiger partial charge in [0.05, 0.1) is 4.99 Å². The zero-order chi connectivity index (χ0) is 11.6. The van der Waals surface area contributed by atoms with Crippen LogP contribution in [0.25, 0.3) is 0 Å². The normalized spacial score (nSPS) is 12.5. The maximum absolute atomic E-state index is 11.6. The number of thiocarbonyl (C=S) groups is 1. The van der Waals surface area contributed by atoms with Gasteiger partial charge in [0.1, 0.15) is 0 Å². The van der Waals surface area contributed by atoms with Crippen LogP contribution < -0.4 is 11.3 Å². The molecule has 5 heteroatoms. The van der Waals surface area contributed by atoms with Crippen LogP contribution in [0.2, 0.25) is 0 Å². The molecule has 1 aromatic heterocycles. The summed E-state index contributed by atoms with van der Waals surface area (Å²) in [5.41, 5.74) is 6.39. The molecule has 0 aromatic carbocycles. The first-order valence-corrected chi connectivity index (χ1v) is 5.79. The molecular weight excluding hydrogens is 276 g/mol. The Hall–Kier alpha value is -0.680. The first-order valence-electron chi connectivity index (χ1n) is 4.58. The number of hydrogen-bond donors (Lipinski definition) is 1. The Kier molecular flexibility index (Phi) is 4.04. The van der Waals surface area contributed by atoms with E-state index in [9.17, 15) is 4.79 Å². The Morgan fingerprint density at radius 3 is 2.80 bits per heavy atom. The van der Waals surface area contributed by atoms with Gasteiger partial charge < -0.3 is 10.3 Å². The average Bonchev–Trinajstić information content (AvgIpc) is 2.18. The van der Waals surface area contributed by atoms with Crippen molar-refractivity contribution in [1.82, 2.24) is 4.57 Å². The van der Waals surface area contributed by atoms with E-state index in [0.29, 0.717) is 11.5 Å². The summed E-state index contributed by atoms with van der Waals surface area (Å²) >= 11 is 8.27. The van der Waals surface area contributed by atoms with Crippen molar-refractivity contribution < 1.29 is 0 Å². The van der Waals surface area contributed by atoms with Crippen LogP contribution in [-0.4, -0.2) is 9.56 Å². The second-order valence-corrected chi connectivity index (χ2v) is 4.84. The molecule has 0 spiro atoms. The van der Waals surface area contributed by atoms with Gasteiger partial charge in [-0.05, 0) is 28.9 Å². The highest BCUT2D eigenvalue weighted by molar-refractivity contribution is 9.10. The SMILES string of the molecule is Cc1c(Br)ccc(=O)n1CC(C)C(N)=S. The molecule has 1 atom stereocenters. The lowest BCUT2D eigenvalue weighted by atomic mass is 10.2. The molecule has 0 aliphatic heterocycles. The number of nitrogens with two attached hydrogens (primary N) is 1. The monoisotopic (exact) mass is 288 g/mol. The quantitative estimate of drug-likeness (QED) is 0.864. The van der Waals surface area contributed by atoms with Gasteiger partial charge in [0.2, 0.25) is 0 Å². The van der Waals surface area contributed by atoms with Crippen molar-refractivity contribution in [1.29, 1.82) is 0 Å². The average molecular weight is 289 g/mol. The molecule has 0 fully saturated rings. The van der Waals surface area contributed by atoms with E-state index in [4.69, 9.17) is 18.0 Å². The third-order valence-electron chi connectivity index (χ3n) is 2.33. The van der Waals surface area contributed by atoms with Crippen molar-refractivity contribution in [3.8, 4) is 0 Å². The molecule has 1 unspecified atom stereocenters. The van der Waals surface area contributed by atoms with Crippen LogP contribution in [0.3, 0.4) is 0 Å². The molecule has 0 saturated carbocycles. The van der Waals surface area contributed by atoms with Crippen molar-refractivity contribution in [3.63, 3.8) is 0 Å². The zero-order valence-corrected chi connectivity index (χ0v) is 11.1. The summed E-state index contributed by atoms with van der Waals surface area (Å²) in [5, 5.41) is 0. The topological polar surface area (TPSA) is 48.0 Å². The highest BCUT2D eigenvalue weighted by Gasteiger charge is 2.10. The number of pyridine rings is 1. The van der Waals surface area contributed by atoms with E-state index in [1.54, 1.807) is 10.6 Å². The molecule has 0 radical (unpaired) electrons. The number of nitrogens with zero attached hydrogens (tertiary/aromatic N) is 1. The molecule has 0 amide bonds. The van der Waals surface area contributed by atoms with E-state index < -0.39 is 0 Å². The van der Waals surface area contributed by atoms with Crippen molar-refractivity contribution in [2.45, 2.75) is 20.4 Å². The van der Waals surface area contributed by atoms with Crippen LogP contribution in [0.5, 0.6) is 0 Å². The fraction of sp³-hybridized carbons (Fsp3) is 0.400. The maximum atomic E-state index is 11.6. The summed E-state index contributed by atoms with van der Waals surface area (Å²) < 4.78 is 2.59. The van der Waals surface area contributed by atoms with Crippen molar-refractivity contribution >= 4 is 33.1 Å². The van der Waals surface area contributed by atoms with Gasteiger partial charge in [0, 0.05) is 28.7 Å². The lowest BCUT2D eigenvalue weighted by Gasteiger charge is -2.15. The van der Waals surface area contributed by atoms with E-state index in [-0.39, 0.29) is 11.5 Å². The number of rotatable bonds is 3. The molecule has 1 heterocycles. The fourth-order valence-electron chi connectivity index (χ4n) is 1.24. The number of halogens is 1. The lowest BCUT2D eigenvalue weighted by molar-refractivity contribution is 0.567. The molecule has 82 valence electrons. The van der Waals surface area contributed by atoms with E-state index in [1.807, 2.05) is 13.8 Å². The van der Waals surface area contributed by atoms with Crippen LogP contribution in [0.4, 0.5) is 0 Å². The molecule has 3 nitrogen and oxygen atoms in total. The van der Waals surface area contributed by atoms with Crippen LogP contribution in [-0.2, 0) is 6.54 Å². The van der Waals surface area contributed by atoms with E-state index in [1.165, 1.54) is 6.07 Å². The molecule has 1 aromatic rings. The third kappa shape index (κ3) is 2.89. The first kappa shape index (κ1) is 12.4. The van der Waals surface area contributed by atoms with Gasteiger partial charge in [-0.3, -0.25) is 4.79 Å². The van der Waals surface area contributed by atoms with Gasteiger partial charge in [-0.1, -0.05) is 19.1 Å². The van der Waals surface area contributed by atoms with Crippen molar-refractivity contribution in [3.05, 3.63) is 32.7 Å². The largest absolute Gasteiger partial charge is 0.393 e. The minimum absolute atomic E-state index is 0.0192. The molecule has 1 rings (SSSR count). The molecule has 0 bridgehead atoms. The Balaban J connectivity index is 3.09. The summed E-state index contributed by atoms with van der Waals surface area (Å²) in [6, 6.07) is 3.28. The molecule has 0 aliphatic rings. The summed E-state index contributed by atoms with van der Waals surface area (Å²) in [4.78, 5) is 12.0. The van der Waals surface area contributed by atoms with Crippen LogP contribution in [0.15, 0.2) is 21.4 Å². The van der Waals surface area contributed by atoms with Crippen LogP contribution in [0, 0.1) is 12.8 Å². The van der Waals surface area contributed by atoms with Gasteiger partial charge >= 0.3 is 0 Å². The van der Waals surface area contributed by atoms with Gasteiger partial charge in [-0.15, -0.1) is 0 Å². The third-order valence-corrected chi connectivity index (χ3v) is 3.57. The minimum atomic E-state index is -0.0289. The van der Waals surface area contributed by atoms with E-state index >= 15 is 0 Å². The summed E-state index contributed by atoms with van der Waals surface area (Å²) in [7, 11) is 0. The maximum Gasteiger partial charge on any atom is 0.250 e. The standard InChI is InChI=1S/C10H13BrN2OS/c1-6(10(12)15)5-13-7(2)8(11)3-4-9(13)14/h3-4,6H,5H2,1-2H3,(H2,12,15). The number of hydrogen-bond acceptors (Lipinski definition) is 2. The minimum Gasteiger partial charge on any atom is -0.393 e. The van der Waals surface area contributed by atoms with Gasteiger partial charge in [0.25, 0.3) is 5.56 Å². The van der Waals surface area contributed by atoms with Crippen molar-refractivity contribution in [2.75, 3.05) is 0 Å². The second-order valence-electron chi connectivity index (χ2n) is 3.52. The zero-order valence-electron chi connectivity index (χ0n) is 8.66. The number of aromatic nitrogens is 1. The van der Waals surface area contributed by atoms with E-state index in [0.717, 1.165) is 10.2 Å². The second kappa shape index (κ2) is 4.90. The summed E-state index contributed by atoms with van der Waals surface area (Å²) in [6.07, 6.45) is 0. The predicted molar refractivity (Wildman–Crippen MR) is 69.1 cm³/mol. The smallest absolute Gasteiger partial charge is 0.250 e. The molecule has 0 aliphatic carbocycles. The molecule has 0 saturated heterocycles. The molecule has 2 N–H and O–H groups in total. The van der Waals surface area contributed by atoms with Gasteiger partial charge in [-0.25, -0.2) is 0 Å². The Labute approximate surface area is 102 Å². The molecule has 15 heavy (non-hydrogen) atoms. The Morgan fingerprint density at radius 2 is 2.27 bits per heavy atom. The van der Waals surface area contributed by atoms with Gasteiger partial charge in [0.15, 0.2) is 0 Å². The van der Waals surface area contributed by atoms with Crippen LogP contribution in [0.1, 0.15) is 12.6 Å². The highest BCUT2D eigenvalue weighted by Crippen LogP contribution is 2.13. The first-order chi connectivity index (χ1) is 6.93. The summed E-state index contributed by atoms with van der Waals surface area (Å²) in [6.45, 7) is 4.33. The summed E-state index contributed by atoms with van der Waals surface area (Å²) in [5.74, 6) is 0.0192. The lowest BCUT2D eigenvalue weighted by Crippen LogP contribution is -2.30.